The minimum absolute atomic E-state index is 0.331. The van der Waals surface area contributed by atoms with E-state index < -0.39 is 0 Å². The van der Waals surface area contributed by atoms with Crippen molar-refractivity contribution in [3.8, 4) is 51.1 Å². The van der Waals surface area contributed by atoms with E-state index in [1.165, 1.54) is 0 Å². The molecule has 226 valence electrons. The van der Waals surface area contributed by atoms with Crippen molar-refractivity contribution in [2.45, 2.75) is 0 Å². The van der Waals surface area contributed by atoms with Crippen molar-refractivity contribution in [3.63, 3.8) is 0 Å². The van der Waals surface area contributed by atoms with Gasteiger partial charge < -0.3 is 9.26 Å². The summed E-state index contributed by atoms with van der Waals surface area (Å²) in [5.74, 6) is 0.331. The van der Waals surface area contributed by atoms with Gasteiger partial charge in [0.15, 0.2) is 0 Å². The van der Waals surface area contributed by atoms with E-state index >= 15 is 0 Å². The second-order valence-electron chi connectivity index (χ2n) is 11.7. The maximum Gasteiger partial charge on any atom is 0.270 e. The van der Waals surface area contributed by atoms with Gasteiger partial charge in [-0.3, -0.25) is 0 Å². The van der Waals surface area contributed by atoms with Crippen LogP contribution in [0, 0.1) is 17.9 Å². The van der Waals surface area contributed by atoms with Crippen LogP contribution in [-0.2, 0) is 0 Å². The number of furan rings is 1. The third kappa shape index (κ3) is 4.66. The summed E-state index contributed by atoms with van der Waals surface area (Å²) in [5, 5.41) is 15.8. The molecule has 9 aromatic rings. The first-order valence-corrected chi connectivity index (χ1v) is 15.6. The molecular formula is C42H22N6O. The number of aromatic nitrogens is 4. The van der Waals surface area contributed by atoms with Crippen molar-refractivity contribution >= 4 is 49.3 Å². The van der Waals surface area contributed by atoms with Gasteiger partial charge in [-0.2, -0.15) is 5.26 Å². The van der Waals surface area contributed by atoms with E-state index in [1.807, 2.05) is 60.7 Å². The Hall–Kier alpha value is -7.22. The number of hydrogen-bond acceptors (Lipinski definition) is 6. The summed E-state index contributed by atoms with van der Waals surface area (Å²) in [6, 6.07) is 42.1. The molecule has 0 bridgehead atoms. The summed E-state index contributed by atoms with van der Waals surface area (Å²) in [6.45, 7) is 7.38. The zero-order chi connectivity index (χ0) is 32.9. The van der Waals surface area contributed by atoms with E-state index in [4.69, 9.17) is 21.0 Å². The number of hydrogen-bond donors (Lipinski definition) is 0. The van der Waals surface area contributed by atoms with Gasteiger partial charge in [-0.1, -0.05) is 67.2 Å². The standard InChI is InChI=1S/C42H22N6O/c1-44-40-21-26(17-19-46-40)35-13-7-15-37(48-35)33-23-39-42(31-11-5-3-9-29(31)33)41-30-10-4-2-8-28(30)32(22-38(41)49-39)36-14-6-12-34(47-36)25-16-18-45-27(20-25)24-43/h2-23H. The molecule has 0 unspecified atom stereocenters. The molecule has 7 nitrogen and oxygen atoms in total. The van der Waals surface area contributed by atoms with E-state index in [1.54, 1.807) is 24.5 Å². The molecule has 49 heavy (non-hydrogen) atoms. The molecule has 0 atom stereocenters. The Bertz CT molecular complexity index is 2680. The van der Waals surface area contributed by atoms with E-state index in [2.05, 4.69) is 69.4 Å². The Morgan fingerprint density at radius 1 is 0.551 bits per heavy atom. The average Bonchev–Trinajstić information content (AvgIpc) is 3.56. The largest absolute Gasteiger partial charge is 0.456 e. The third-order valence-corrected chi connectivity index (χ3v) is 8.86. The summed E-state index contributed by atoms with van der Waals surface area (Å²) in [5.41, 5.74) is 8.57. The highest BCUT2D eigenvalue weighted by Gasteiger charge is 2.20. The van der Waals surface area contributed by atoms with Crippen molar-refractivity contribution in [2.75, 3.05) is 0 Å². The summed E-state index contributed by atoms with van der Waals surface area (Å²) >= 11 is 0. The molecular weight excluding hydrogens is 605 g/mol. The predicted octanol–water partition coefficient (Wildman–Crippen LogP) is 10.6. The molecule has 0 aliphatic heterocycles. The van der Waals surface area contributed by atoms with Gasteiger partial charge in [0.2, 0.25) is 0 Å². The predicted molar refractivity (Wildman–Crippen MR) is 193 cm³/mol. The van der Waals surface area contributed by atoms with E-state index in [0.29, 0.717) is 11.5 Å². The average molecular weight is 627 g/mol. The molecule has 5 heterocycles. The lowest BCUT2D eigenvalue weighted by Crippen LogP contribution is -1.91. The minimum Gasteiger partial charge on any atom is -0.456 e. The van der Waals surface area contributed by atoms with Crippen LogP contribution in [0.5, 0.6) is 0 Å². The Morgan fingerprint density at radius 2 is 1.06 bits per heavy atom. The number of nitriles is 1. The summed E-state index contributed by atoms with van der Waals surface area (Å²) in [6.07, 6.45) is 3.27. The van der Waals surface area contributed by atoms with Crippen LogP contribution in [0.25, 0.3) is 93.4 Å². The summed E-state index contributed by atoms with van der Waals surface area (Å²) < 4.78 is 6.74. The van der Waals surface area contributed by atoms with Crippen LogP contribution in [-0.4, -0.2) is 19.9 Å². The second kappa shape index (κ2) is 11.2. The van der Waals surface area contributed by atoms with Crippen molar-refractivity contribution in [1.29, 1.82) is 5.26 Å². The van der Waals surface area contributed by atoms with Crippen LogP contribution >= 0.6 is 0 Å². The first-order valence-electron chi connectivity index (χ1n) is 15.6. The van der Waals surface area contributed by atoms with Gasteiger partial charge in [0.1, 0.15) is 29.1 Å². The number of benzene rings is 4. The van der Waals surface area contributed by atoms with E-state index in [-0.39, 0.29) is 0 Å². The topological polar surface area (TPSA) is 92.8 Å². The molecule has 0 radical (unpaired) electrons. The van der Waals surface area contributed by atoms with Crippen molar-refractivity contribution in [2.24, 2.45) is 0 Å². The quantitative estimate of drug-likeness (QED) is 0.180. The lowest BCUT2D eigenvalue weighted by atomic mass is 9.93. The van der Waals surface area contributed by atoms with Crippen LogP contribution in [0.3, 0.4) is 0 Å². The van der Waals surface area contributed by atoms with Crippen LogP contribution in [0.15, 0.2) is 138 Å². The monoisotopic (exact) mass is 626 g/mol. The maximum atomic E-state index is 9.39. The van der Waals surface area contributed by atoms with Gasteiger partial charge >= 0.3 is 0 Å². The highest BCUT2D eigenvalue weighted by atomic mass is 16.3. The highest BCUT2D eigenvalue weighted by molar-refractivity contribution is 6.29. The molecule has 4 aromatic carbocycles. The molecule has 0 fully saturated rings. The van der Waals surface area contributed by atoms with Gasteiger partial charge in [0.05, 0.1) is 22.8 Å². The Morgan fingerprint density at radius 3 is 1.61 bits per heavy atom. The normalized spacial score (nSPS) is 11.2. The summed E-state index contributed by atoms with van der Waals surface area (Å²) in [7, 11) is 0. The Kier molecular flexibility index (Phi) is 6.43. The lowest BCUT2D eigenvalue weighted by Gasteiger charge is -2.11. The number of pyridine rings is 4. The highest BCUT2D eigenvalue weighted by Crippen LogP contribution is 2.44. The number of rotatable bonds is 4. The zero-order valence-corrected chi connectivity index (χ0v) is 25.8. The Balaban J connectivity index is 1.27. The molecule has 0 N–H and O–H groups in total. The first-order chi connectivity index (χ1) is 24.2. The fraction of sp³-hybridized carbons (Fsp3) is 0. The van der Waals surface area contributed by atoms with Gasteiger partial charge in [-0.05, 0) is 87.8 Å². The van der Waals surface area contributed by atoms with E-state index in [9.17, 15) is 5.26 Å². The first kappa shape index (κ1) is 28.0. The number of nitrogens with zero attached hydrogens (tertiary/aromatic N) is 6. The van der Waals surface area contributed by atoms with Crippen molar-refractivity contribution in [1.82, 2.24) is 19.9 Å². The van der Waals surface area contributed by atoms with Gasteiger partial charge in [-0.15, -0.1) is 4.98 Å². The van der Waals surface area contributed by atoms with Crippen LogP contribution in [0.2, 0.25) is 0 Å². The molecule has 5 aromatic heterocycles. The Labute approximate surface area is 280 Å². The smallest absolute Gasteiger partial charge is 0.270 e. The van der Waals surface area contributed by atoms with Crippen molar-refractivity contribution < 1.29 is 4.42 Å². The molecule has 0 aliphatic rings. The van der Waals surface area contributed by atoms with Gasteiger partial charge in [0, 0.05) is 33.7 Å². The fourth-order valence-corrected chi connectivity index (χ4v) is 6.70. The SMILES string of the molecule is [C-]#[N+]c1cc(-c2cccc(-c3cc4oc5cc(-c6cccc(-c7ccnc(C#N)c7)n6)c6ccccc6c5c4c4ccccc34)n2)ccn1. The van der Waals surface area contributed by atoms with Crippen LogP contribution in [0.4, 0.5) is 5.82 Å². The third-order valence-electron chi connectivity index (χ3n) is 8.86. The second-order valence-corrected chi connectivity index (χ2v) is 11.7. The lowest BCUT2D eigenvalue weighted by molar-refractivity contribution is 0.669. The minimum atomic E-state index is 0.331. The molecule has 0 aliphatic carbocycles. The van der Waals surface area contributed by atoms with Gasteiger partial charge in [0.25, 0.3) is 5.82 Å². The number of fused-ring (bicyclic) bond motifs is 7. The van der Waals surface area contributed by atoms with E-state index in [0.717, 1.165) is 88.5 Å². The molecule has 0 amide bonds. The maximum absolute atomic E-state index is 9.39. The molecule has 7 heteroatoms. The van der Waals surface area contributed by atoms with Gasteiger partial charge in [-0.25, -0.2) is 15.0 Å². The van der Waals surface area contributed by atoms with Crippen LogP contribution < -0.4 is 0 Å². The molecule has 0 saturated heterocycles. The molecule has 9 rings (SSSR count). The fourth-order valence-electron chi connectivity index (χ4n) is 6.70. The summed E-state index contributed by atoms with van der Waals surface area (Å²) in [4.78, 5) is 21.8. The molecule has 0 spiro atoms. The van der Waals surface area contributed by atoms with Crippen molar-refractivity contribution in [3.05, 3.63) is 151 Å². The molecule has 0 saturated carbocycles. The zero-order valence-electron chi connectivity index (χ0n) is 25.8. The van der Waals surface area contributed by atoms with Crippen LogP contribution in [0.1, 0.15) is 5.69 Å².